The maximum Gasteiger partial charge on any atom is 0.351 e. The molecule has 1 aliphatic rings. The van der Waals surface area contributed by atoms with Crippen LogP contribution in [-0.2, 0) is 4.74 Å². The van der Waals surface area contributed by atoms with Gasteiger partial charge in [0.25, 0.3) is 0 Å². The first kappa shape index (κ1) is 15.2. The van der Waals surface area contributed by atoms with E-state index >= 15 is 0 Å². The van der Waals surface area contributed by atoms with E-state index in [9.17, 15) is 14.3 Å². The summed E-state index contributed by atoms with van der Waals surface area (Å²) in [5.74, 6) is 0.0271. The van der Waals surface area contributed by atoms with Gasteiger partial charge in [-0.3, -0.25) is 4.57 Å². The van der Waals surface area contributed by atoms with Gasteiger partial charge in [-0.1, -0.05) is 0 Å². The number of halogens is 1. The van der Waals surface area contributed by atoms with Crippen molar-refractivity contribution in [3.8, 4) is 0 Å². The normalized spacial score (nSPS) is 28.4. The Bertz CT molecular complexity index is 532. The van der Waals surface area contributed by atoms with E-state index in [4.69, 9.17) is 15.6 Å². The monoisotopic (exact) mass is 275 g/mol. The molecule has 6 N–H and O–H groups in total. The molecule has 9 heteroatoms. The van der Waals surface area contributed by atoms with E-state index in [1.807, 2.05) is 0 Å². The van der Waals surface area contributed by atoms with E-state index in [1.165, 1.54) is 12.3 Å². The Morgan fingerprint density at radius 2 is 2.32 bits per heavy atom. The zero-order valence-corrected chi connectivity index (χ0v) is 9.73. The highest BCUT2D eigenvalue weighted by Crippen LogP contribution is 2.33. The smallest absolute Gasteiger partial charge is 0.351 e. The molecule has 0 saturated carbocycles. The fourth-order valence-corrected chi connectivity index (χ4v) is 1.77. The minimum absolute atomic E-state index is 0. The third-order valence-electron chi connectivity index (χ3n) is 2.69. The Morgan fingerprint density at radius 3 is 2.84 bits per heavy atom. The van der Waals surface area contributed by atoms with Gasteiger partial charge in [-0.2, -0.15) is 4.98 Å². The predicted molar refractivity (Wildman–Crippen MR) is 62.7 cm³/mol. The highest BCUT2D eigenvalue weighted by molar-refractivity contribution is 5.25. The molecule has 0 bridgehead atoms. The quantitative estimate of drug-likeness (QED) is 0.575. The first-order valence-corrected chi connectivity index (χ1v) is 5.17. The highest BCUT2D eigenvalue weighted by atomic mass is 19.1. The Morgan fingerprint density at radius 1 is 1.63 bits per heavy atom. The third-order valence-corrected chi connectivity index (χ3v) is 2.69. The van der Waals surface area contributed by atoms with Crippen LogP contribution in [0, 0.1) is 0 Å². The van der Waals surface area contributed by atoms with Gasteiger partial charge in [0.05, 0.1) is 12.9 Å². The number of nitrogens with zero attached hydrogens (tertiary/aromatic N) is 2. The lowest BCUT2D eigenvalue weighted by Gasteiger charge is -2.14. The molecule has 0 aromatic carbocycles. The van der Waals surface area contributed by atoms with E-state index in [2.05, 4.69) is 4.98 Å². The van der Waals surface area contributed by atoms with E-state index in [1.54, 1.807) is 0 Å². The van der Waals surface area contributed by atoms with Gasteiger partial charge >= 0.3 is 5.69 Å². The number of hydrogen-bond acceptors (Lipinski definition) is 6. The summed E-state index contributed by atoms with van der Waals surface area (Å²) in [5, 5.41) is 18.6. The van der Waals surface area contributed by atoms with Gasteiger partial charge in [-0.25, -0.2) is 9.18 Å². The molecule has 1 fully saturated rings. The van der Waals surface area contributed by atoms with Gasteiger partial charge < -0.3 is 26.2 Å². The molecule has 106 valence electrons. The van der Waals surface area contributed by atoms with Crippen molar-refractivity contribution < 1.29 is 24.8 Å². The van der Waals surface area contributed by atoms with Crippen LogP contribution in [0.5, 0.6) is 0 Å². The molecule has 8 nitrogen and oxygen atoms in total. The second-order valence-electron chi connectivity index (χ2n) is 3.81. The lowest BCUT2D eigenvalue weighted by atomic mass is 10.1. The summed E-state index contributed by atoms with van der Waals surface area (Å²) in [4.78, 5) is 15.1. The van der Waals surface area contributed by atoms with Crippen LogP contribution < -0.4 is 11.4 Å². The van der Waals surface area contributed by atoms with Crippen molar-refractivity contribution in [1.29, 1.82) is 0 Å². The van der Waals surface area contributed by atoms with Crippen molar-refractivity contribution in [2.24, 2.45) is 0 Å². The first-order chi connectivity index (χ1) is 8.58. The Hall–Kier alpha value is -1.81. The largest absolute Gasteiger partial charge is 0.412 e. The summed E-state index contributed by atoms with van der Waals surface area (Å²) in [6.07, 6.45) is -1.99. The van der Waals surface area contributed by atoms with Gasteiger partial charge in [0.15, 0.2) is 6.23 Å². The fraction of sp³-hybridized carbons (Fsp3) is 0.400. The third kappa shape index (κ3) is 2.63. The number of aliphatic hydroxyl groups is 2. The summed E-state index contributed by atoms with van der Waals surface area (Å²) < 4.78 is 19.0. The maximum absolute atomic E-state index is 12.8. The molecule has 2 rings (SSSR count). The number of rotatable bonds is 2. The molecule has 19 heavy (non-hydrogen) atoms. The number of anilines is 1. The first-order valence-electron chi connectivity index (χ1n) is 5.17. The van der Waals surface area contributed by atoms with Crippen molar-refractivity contribution in [2.75, 3.05) is 12.3 Å². The lowest BCUT2D eigenvalue weighted by Crippen LogP contribution is -2.28. The molecule has 1 aliphatic heterocycles. The van der Waals surface area contributed by atoms with Crippen molar-refractivity contribution in [2.45, 2.75) is 18.4 Å². The number of hydrogen-bond donors (Lipinski definition) is 3. The van der Waals surface area contributed by atoms with Crippen LogP contribution >= 0.6 is 0 Å². The molecule has 2 heterocycles. The molecule has 0 radical (unpaired) electrons. The molecule has 1 aromatic rings. The van der Waals surface area contributed by atoms with Gasteiger partial charge in [0.2, 0.25) is 0 Å². The summed E-state index contributed by atoms with van der Waals surface area (Å²) in [5.41, 5.74) is 4.45. The molecule has 1 saturated heterocycles. The van der Waals surface area contributed by atoms with E-state index in [0.717, 1.165) is 4.57 Å². The van der Waals surface area contributed by atoms with E-state index in [0.29, 0.717) is 0 Å². The zero-order valence-electron chi connectivity index (χ0n) is 9.73. The van der Waals surface area contributed by atoms with Crippen LogP contribution in [0.4, 0.5) is 10.2 Å². The second kappa shape index (κ2) is 5.89. The van der Waals surface area contributed by atoms with Crippen molar-refractivity contribution in [1.82, 2.24) is 9.55 Å². The molecule has 1 aromatic heterocycles. The molecular weight excluding hydrogens is 261 g/mol. The molecule has 3 unspecified atom stereocenters. The molecule has 0 aliphatic carbocycles. The number of aromatic nitrogens is 2. The second-order valence-corrected chi connectivity index (χ2v) is 3.81. The van der Waals surface area contributed by atoms with Gasteiger partial charge in [0, 0.05) is 11.8 Å². The van der Waals surface area contributed by atoms with Gasteiger partial charge in [-0.05, 0) is 6.07 Å². The lowest BCUT2D eigenvalue weighted by molar-refractivity contribution is -0.0447. The maximum atomic E-state index is 12.8. The summed E-state index contributed by atoms with van der Waals surface area (Å²) in [6, 6.07) is 1.35. The SMILES string of the molecule is Nc1ccn(C2OC(CO)C(O)C2=CF)c(=O)n1.O. The van der Waals surface area contributed by atoms with Gasteiger partial charge in [0.1, 0.15) is 18.0 Å². The predicted octanol–water partition coefficient (Wildman–Crippen LogP) is -1.90. The topological polar surface area (TPSA) is 142 Å². The van der Waals surface area contributed by atoms with E-state index in [-0.39, 0.29) is 23.2 Å². The number of ether oxygens (including phenoxy) is 1. The van der Waals surface area contributed by atoms with Crippen molar-refractivity contribution in [3.05, 3.63) is 34.7 Å². The number of nitrogens with two attached hydrogens (primary N) is 1. The zero-order chi connectivity index (χ0) is 13.3. The van der Waals surface area contributed by atoms with Crippen LogP contribution in [0.2, 0.25) is 0 Å². The van der Waals surface area contributed by atoms with Crippen molar-refractivity contribution in [3.63, 3.8) is 0 Å². The van der Waals surface area contributed by atoms with Crippen LogP contribution in [0.1, 0.15) is 6.23 Å². The van der Waals surface area contributed by atoms with Crippen LogP contribution in [0.25, 0.3) is 0 Å². The summed E-state index contributed by atoms with van der Waals surface area (Å²) >= 11 is 0. The van der Waals surface area contributed by atoms with Crippen molar-refractivity contribution >= 4 is 5.82 Å². The van der Waals surface area contributed by atoms with E-state index < -0.39 is 30.7 Å². The minimum atomic E-state index is -1.31. The van der Waals surface area contributed by atoms with Crippen LogP contribution in [0.15, 0.2) is 29.0 Å². The number of aliphatic hydroxyl groups excluding tert-OH is 2. The molecular formula is C10H14FN3O5. The van der Waals surface area contributed by atoms with Crippen LogP contribution in [-0.4, -0.2) is 44.1 Å². The summed E-state index contributed by atoms with van der Waals surface area (Å²) in [6.45, 7) is -0.494. The minimum Gasteiger partial charge on any atom is -0.412 e. The summed E-state index contributed by atoms with van der Waals surface area (Å²) in [7, 11) is 0. The molecule has 0 spiro atoms. The average molecular weight is 275 g/mol. The van der Waals surface area contributed by atoms with Gasteiger partial charge in [-0.15, -0.1) is 0 Å². The molecule has 3 atom stereocenters. The Balaban J connectivity index is 0.00000180. The average Bonchev–Trinajstić information content (AvgIpc) is 2.65. The molecule has 0 amide bonds. The number of nitrogen functional groups attached to an aromatic ring is 1. The Kier molecular flexibility index (Phi) is 4.72. The standard InChI is InChI=1S/C10H12FN3O4.H2O/c11-3-5-8(16)6(4-15)18-9(5)14-2-1-7(12)13-10(14)17;/h1-3,6,8-9,15-16H,4H2,(H2,12,13,17);1H2. The Labute approximate surface area is 106 Å². The van der Waals surface area contributed by atoms with Crippen LogP contribution in [0.3, 0.4) is 0 Å². The fourth-order valence-electron chi connectivity index (χ4n) is 1.77. The highest BCUT2D eigenvalue weighted by Gasteiger charge is 2.40.